The first-order valence-corrected chi connectivity index (χ1v) is 7.05. The summed E-state index contributed by atoms with van der Waals surface area (Å²) in [6.45, 7) is 8.56. The minimum Gasteiger partial charge on any atom is -0.187 e. The molecular weight excluding hydrogens is 244 g/mol. The van der Waals surface area contributed by atoms with Crippen LogP contribution in [-0.4, -0.2) is 26.0 Å². The molecule has 0 unspecified atom stereocenters. The Morgan fingerprint density at radius 2 is 2.06 bits per heavy atom. The van der Waals surface area contributed by atoms with Crippen LogP contribution in [-0.2, 0) is 0 Å². The van der Waals surface area contributed by atoms with Crippen LogP contribution in [0.15, 0.2) is 23.4 Å². The lowest BCUT2D eigenvalue weighted by Gasteiger charge is -2.08. The first-order valence-electron chi connectivity index (χ1n) is 6.06. The van der Waals surface area contributed by atoms with Gasteiger partial charge in [0.15, 0.2) is 0 Å². The normalized spacial score (nSPS) is 11.2. The molecule has 96 valence electrons. The van der Waals surface area contributed by atoms with Crippen LogP contribution >= 0.6 is 11.8 Å². The van der Waals surface area contributed by atoms with Crippen molar-refractivity contribution in [3.63, 3.8) is 0 Å². The lowest BCUT2D eigenvalue weighted by molar-refractivity contribution is 0.734. The summed E-state index contributed by atoms with van der Waals surface area (Å²) in [4.78, 5) is 0. The maximum atomic E-state index is 4.09. The Morgan fingerprint density at radius 3 is 2.72 bits per heavy atom. The first kappa shape index (κ1) is 13.1. The van der Waals surface area contributed by atoms with Crippen molar-refractivity contribution in [1.29, 1.82) is 0 Å². The molecule has 0 radical (unpaired) electrons. The predicted octanol–water partition coefficient (Wildman–Crippen LogP) is 3.03. The number of hydrogen-bond acceptors (Lipinski definition) is 4. The molecule has 0 bridgehead atoms. The zero-order chi connectivity index (χ0) is 13.1. The van der Waals surface area contributed by atoms with Gasteiger partial charge in [0.05, 0.1) is 5.69 Å². The van der Waals surface area contributed by atoms with E-state index in [4.69, 9.17) is 0 Å². The molecule has 2 rings (SSSR count). The Labute approximate surface area is 112 Å². The lowest BCUT2D eigenvalue weighted by atomic mass is 10.1. The number of aryl methyl sites for hydroxylation is 2. The van der Waals surface area contributed by atoms with E-state index >= 15 is 0 Å². The van der Waals surface area contributed by atoms with Gasteiger partial charge in [0.2, 0.25) is 5.16 Å². The van der Waals surface area contributed by atoms with Crippen LogP contribution in [0.3, 0.4) is 0 Å². The Hall–Kier alpha value is -1.36. The molecule has 0 aliphatic heterocycles. The van der Waals surface area contributed by atoms with Crippen molar-refractivity contribution < 1.29 is 0 Å². The van der Waals surface area contributed by atoms with Crippen LogP contribution in [0.5, 0.6) is 0 Å². The van der Waals surface area contributed by atoms with Crippen LogP contribution in [0.25, 0.3) is 5.69 Å². The van der Waals surface area contributed by atoms with Crippen LogP contribution < -0.4 is 0 Å². The van der Waals surface area contributed by atoms with E-state index in [2.05, 4.69) is 61.4 Å². The van der Waals surface area contributed by atoms with Gasteiger partial charge in [-0.2, -0.15) is 4.68 Å². The molecule has 4 nitrogen and oxygen atoms in total. The molecular formula is C13H18N4S. The maximum absolute atomic E-state index is 4.09. The smallest absolute Gasteiger partial charge is 0.187 e. The summed E-state index contributed by atoms with van der Waals surface area (Å²) < 4.78 is 1.82. The predicted molar refractivity (Wildman–Crippen MR) is 74.2 cm³/mol. The highest BCUT2D eigenvalue weighted by molar-refractivity contribution is 7.99. The summed E-state index contributed by atoms with van der Waals surface area (Å²) >= 11 is 1.70. The van der Waals surface area contributed by atoms with Gasteiger partial charge in [0.1, 0.15) is 0 Å². The Bertz CT molecular complexity index is 534. The fourth-order valence-electron chi connectivity index (χ4n) is 1.70. The minimum atomic E-state index is 0.624. The minimum absolute atomic E-state index is 0.624. The number of nitrogens with zero attached hydrogens (tertiary/aromatic N) is 4. The van der Waals surface area contributed by atoms with E-state index in [9.17, 15) is 0 Å². The van der Waals surface area contributed by atoms with Gasteiger partial charge in [0, 0.05) is 5.75 Å². The molecule has 2 aromatic rings. The number of aromatic nitrogens is 4. The van der Waals surface area contributed by atoms with Crippen molar-refractivity contribution >= 4 is 11.8 Å². The van der Waals surface area contributed by atoms with Gasteiger partial charge >= 0.3 is 0 Å². The van der Waals surface area contributed by atoms with E-state index < -0.39 is 0 Å². The van der Waals surface area contributed by atoms with Gasteiger partial charge in [-0.15, -0.1) is 5.10 Å². The SMILES string of the molecule is Cc1ccc(-n2nnnc2SCC(C)C)c(C)c1. The fraction of sp³-hybridized carbons (Fsp3) is 0.462. The summed E-state index contributed by atoms with van der Waals surface area (Å²) in [5.74, 6) is 1.64. The molecule has 1 heterocycles. The number of rotatable bonds is 4. The summed E-state index contributed by atoms with van der Waals surface area (Å²) in [6.07, 6.45) is 0. The second kappa shape index (κ2) is 5.52. The fourth-order valence-corrected chi connectivity index (χ4v) is 2.54. The van der Waals surface area contributed by atoms with E-state index in [1.807, 2.05) is 4.68 Å². The molecule has 0 aliphatic carbocycles. The maximum Gasteiger partial charge on any atom is 0.214 e. The third-order valence-corrected chi connectivity index (χ3v) is 3.91. The molecule has 0 N–H and O–H groups in total. The number of hydrogen-bond donors (Lipinski definition) is 0. The molecule has 0 aliphatic rings. The van der Waals surface area contributed by atoms with Crippen molar-refractivity contribution in [3.8, 4) is 5.69 Å². The van der Waals surface area contributed by atoms with E-state index in [0.717, 1.165) is 16.6 Å². The van der Waals surface area contributed by atoms with Gasteiger partial charge in [-0.3, -0.25) is 0 Å². The van der Waals surface area contributed by atoms with Crippen LogP contribution in [0.4, 0.5) is 0 Å². The average molecular weight is 262 g/mol. The summed E-state index contributed by atoms with van der Waals surface area (Å²) in [6, 6.07) is 6.30. The molecule has 0 saturated heterocycles. The first-order chi connectivity index (χ1) is 8.58. The van der Waals surface area contributed by atoms with E-state index in [1.54, 1.807) is 11.8 Å². The molecule has 0 amide bonds. The lowest BCUT2D eigenvalue weighted by Crippen LogP contribution is -2.03. The molecule has 0 saturated carbocycles. The topological polar surface area (TPSA) is 43.6 Å². The Balaban J connectivity index is 2.30. The molecule has 18 heavy (non-hydrogen) atoms. The standard InChI is InChI=1S/C13H18N4S/c1-9(2)8-18-13-14-15-16-17(13)12-6-5-10(3)7-11(12)4/h5-7,9H,8H2,1-4H3. The molecule has 0 fully saturated rings. The monoisotopic (exact) mass is 262 g/mol. The van der Waals surface area contributed by atoms with Crippen molar-refractivity contribution in [3.05, 3.63) is 29.3 Å². The highest BCUT2D eigenvalue weighted by atomic mass is 32.2. The van der Waals surface area contributed by atoms with E-state index in [0.29, 0.717) is 5.92 Å². The van der Waals surface area contributed by atoms with Gasteiger partial charge in [0.25, 0.3) is 0 Å². The second-order valence-corrected chi connectivity index (χ2v) is 5.86. The van der Waals surface area contributed by atoms with Gasteiger partial charge < -0.3 is 0 Å². The summed E-state index contributed by atoms with van der Waals surface area (Å²) in [7, 11) is 0. The highest BCUT2D eigenvalue weighted by Gasteiger charge is 2.11. The number of thioether (sulfide) groups is 1. The average Bonchev–Trinajstić information content (AvgIpc) is 2.74. The van der Waals surface area contributed by atoms with Crippen LogP contribution in [0, 0.1) is 19.8 Å². The van der Waals surface area contributed by atoms with E-state index in [-0.39, 0.29) is 0 Å². The van der Waals surface area contributed by atoms with Crippen molar-refractivity contribution in [2.24, 2.45) is 5.92 Å². The Kier molecular flexibility index (Phi) is 4.01. The third kappa shape index (κ3) is 2.90. The van der Waals surface area contributed by atoms with Gasteiger partial charge in [-0.25, -0.2) is 0 Å². The zero-order valence-corrected chi connectivity index (χ0v) is 12.0. The van der Waals surface area contributed by atoms with Gasteiger partial charge in [-0.1, -0.05) is 43.3 Å². The van der Waals surface area contributed by atoms with Crippen molar-refractivity contribution in [2.75, 3.05) is 5.75 Å². The Morgan fingerprint density at radius 1 is 1.28 bits per heavy atom. The molecule has 1 aromatic carbocycles. The molecule has 0 spiro atoms. The second-order valence-electron chi connectivity index (χ2n) is 4.87. The molecule has 0 atom stereocenters. The quantitative estimate of drug-likeness (QED) is 0.794. The van der Waals surface area contributed by atoms with Crippen LogP contribution in [0.2, 0.25) is 0 Å². The number of benzene rings is 1. The van der Waals surface area contributed by atoms with Crippen LogP contribution in [0.1, 0.15) is 25.0 Å². The van der Waals surface area contributed by atoms with Crippen molar-refractivity contribution in [1.82, 2.24) is 20.2 Å². The zero-order valence-electron chi connectivity index (χ0n) is 11.2. The van der Waals surface area contributed by atoms with Gasteiger partial charge in [-0.05, 0) is 41.8 Å². The summed E-state index contributed by atoms with van der Waals surface area (Å²) in [5.41, 5.74) is 3.49. The summed E-state index contributed by atoms with van der Waals surface area (Å²) in [5, 5.41) is 12.8. The van der Waals surface area contributed by atoms with Crippen molar-refractivity contribution in [2.45, 2.75) is 32.9 Å². The highest BCUT2D eigenvalue weighted by Crippen LogP contribution is 2.22. The molecule has 5 heteroatoms. The van der Waals surface area contributed by atoms with E-state index in [1.165, 1.54) is 11.1 Å². The largest absolute Gasteiger partial charge is 0.214 e. The number of tetrazole rings is 1. The third-order valence-electron chi connectivity index (χ3n) is 2.57. The molecule has 1 aromatic heterocycles.